The number of nitrogen functional groups attached to an aromatic ring is 1. The largest absolute Gasteiger partial charge is 0.463 e. The van der Waals surface area contributed by atoms with Crippen LogP contribution in [-0.2, 0) is 17.7 Å². The maximum atomic E-state index is 11.2. The maximum Gasteiger partial charge on any atom is 0.377 e. The van der Waals surface area contributed by atoms with Crippen LogP contribution in [0.1, 0.15) is 16.2 Å². The molecule has 2 N–H and O–H groups in total. The molecule has 6 nitrogen and oxygen atoms in total. The number of nitrogens with zero attached hydrogens (tertiary/aromatic N) is 3. The van der Waals surface area contributed by atoms with Crippen molar-refractivity contribution in [1.82, 2.24) is 14.8 Å². The first-order valence-electron chi connectivity index (χ1n) is 5.51. The molecule has 0 aliphatic carbocycles. The summed E-state index contributed by atoms with van der Waals surface area (Å²) >= 11 is 0. The van der Waals surface area contributed by atoms with Gasteiger partial charge < -0.3 is 10.5 Å². The summed E-state index contributed by atoms with van der Waals surface area (Å²) in [7, 11) is 1.30. The molecule has 0 saturated heterocycles. The summed E-state index contributed by atoms with van der Waals surface area (Å²) in [5, 5.41) is 4.02. The monoisotopic (exact) mass is 246 g/mol. The highest BCUT2D eigenvalue weighted by Crippen LogP contribution is 2.06. The van der Waals surface area contributed by atoms with Crippen LogP contribution in [0.5, 0.6) is 0 Å². The van der Waals surface area contributed by atoms with E-state index in [1.54, 1.807) is 4.68 Å². The van der Waals surface area contributed by atoms with Gasteiger partial charge in [-0.2, -0.15) is 0 Å². The number of aromatic nitrogens is 3. The lowest BCUT2D eigenvalue weighted by Crippen LogP contribution is -2.07. The fraction of sp³-hybridized carbons (Fsp3) is 0.250. The van der Waals surface area contributed by atoms with Gasteiger partial charge in [-0.3, -0.25) is 4.68 Å². The third-order valence-electron chi connectivity index (χ3n) is 2.51. The van der Waals surface area contributed by atoms with Gasteiger partial charge in [-0.05, 0) is 24.1 Å². The van der Waals surface area contributed by atoms with Gasteiger partial charge in [0.2, 0.25) is 0 Å². The Morgan fingerprint density at radius 3 is 2.78 bits per heavy atom. The lowest BCUT2D eigenvalue weighted by Gasteiger charge is -2.01. The van der Waals surface area contributed by atoms with Gasteiger partial charge >= 0.3 is 5.97 Å². The van der Waals surface area contributed by atoms with Crippen molar-refractivity contribution in [3.05, 3.63) is 42.0 Å². The molecule has 94 valence electrons. The Morgan fingerprint density at radius 2 is 2.11 bits per heavy atom. The zero-order valence-corrected chi connectivity index (χ0v) is 10.0. The van der Waals surface area contributed by atoms with Gasteiger partial charge in [0.15, 0.2) is 0 Å². The molecule has 0 atom stereocenters. The first-order chi connectivity index (χ1) is 8.69. The van der Waals surface area contributed by atoms with Crippen LogP contribution >= 0.6 is 0 Å². The van der Waals surface area contributed by atoms with Crippen molar-refractivity contribution >= 4 is 11.7 Å². The number of nitrogens with two attached hydrogens (primary N) is 1. The second-order valence-electron chi connectivity index (χ2n) is 3.81. The molecule has 1 aromatic carbocycles. The first kappa shape index (κ1) is 12.1. The molecule has 6 heteroatoms. The Morgan fingerprint density at radius 1 is 1.39 bits per heavy atom. The Hall–Kier alpha value is -2.37. The predicted octanol–water partition coefficient (Wildman–Crippen LogP) is 0.890. The molecule has 1 heterocycles. The molecule has 0 aliphatic heterocycles. The van der Waals surface area contributed by atoms with Crippen molar-refractivity contribution in [3.8, 4) is 0 Å². The number of hydrogen-bond donors (Lipinski definition) is 1. The lowest BCUT2D eigenvalue weighted by atomic mass is 10.1. The number of ether oxygens (including phenoxy) is 1. The summed E-state index contributed by atoms with van der Waals surface area (Å²) in [6.07, 6.45) is 2.31. The van der Waals surface area contributed by atoms with E-state index >= 15 is 0 Å². The molecule has 0 bridgehead atoms. The summed E-state index contributed by atoms with van der Waals surface area (Å²) in [5.41, 5.74) is 7.50. The fourth-order valence-corrected chi connectivity index (χ4v) is 1.52. The van der Waals surface area contributed by atoms with E-state index in [0.717, 1.165) is 17.7 Å². The van der Waals surface area contributed by atoms with E-state index in [4.69, 9.17) is 5.73 Å². The zero-order chi connectivity index (χ0) is 13.0. The van der Waals surface area contributed by atoms with Crippen molar-refractivity contribution in [2.75, 3.05) is 12.8 Å². The number of aryl methyl sites for hydroxylation is 2. The van der Waals surface area contributed by atoms with E-state index in [9.17, 15) is 4.79 Å². The smallest absolute Gasteiger partial charge is 0.377 e. The number of hydrogen-bond acceptors (Lipinski definition) is 5. The van der Waals surface area contributed by atoms with E-state index in [1.165, 1.54) is 13.4 Å². The minimum atomic E-state index is -0.527. The Balaban J connectivity index is 1.96. The van der Waals surface area contributed by atoms with Crippen LogP contribution in [0.4, 0.5) is 5.69 Å². The number of methoxy groups -OCH3 is 1. The van der Waals surface area contributed by atoms with Gasteiger partial charge in [-0.1, -0.05) is 12.1 Å². The van der Waals surface area contributed by atoms with Crippen molar-refractivity contribution in [2.24, 2.45) is 0 Å². The normalized spacial score (nSPS) is 10.3. The number of anilines is 1. The van der Waals surface area contributed by atoms with Crippen LogP contribution in [0.15, 0.2) is 30.6 Å². The molecular formula is C12H14N4O2. The summed E-state index contributed by atoms with van der Waals surface area (Å²) in [4.78, 5) is 15.0. The highest BCUT2D eigenvalue weighted by molar-refractivity contribution is 5.84. The second kappa shape index (κ2) is 5.31. The summed E-state index contributed by atoms with van der Waals surface area (Å²) in [6.45, 7) is 0.647. The van der Waals surface area contributed by atoms with Gasteiger partial charge in [0.1, 0.15) is 6.33 Å². The van der Waals surface area contributed by atoms with Crippen molar-refractivity contribution < 1.29 is 9.53 Å². The van der Waals surface area contributed by atoms with Gasteiger partial charge in [0.25, 0.3) is 5.82 Å². The number of carbonyl (C=O) groups is 1. The third kappa shape index (κ3) is 2.85. The summed E-state index contributed by atoms with van der Waals surface area (Å²) in [6, 6.07) is 7.65. The van der Waals surface area contributed by atoms with Gasteiger partial charge in [-0.15, -0.1) is 5.10 Å². The lowest BCUT2D eigenvalue weighted by molar-refractivity contribution is 0.0586. The number of carbonyl (C=O) groups excluding carboxylic acids is 1. The van der Waals surface area contributed by atoms with Crippen LogP contribution in [0.2, 0.25) is 0 Å². The molecule has 1 aromatic heterocycles. The van der Waals surface area contributed by atoms with E-state index in [-0.39, 0.29) is 5.82 Å². The number of benzene rings is 1. The van der Waals surface area contributed by atoms with Crippen LogP contribution in [-0.4, -0.2) is 27.8 Å². The average Bonchev–Trinajstić information content (AvgIpc) is 2.86. The number of rotatable bonds is 4. The molecular weight excluding hydrogens is 232 g/mol. The highest BCUT2D eigenvalue weighted by Gasteiger charge is 2.10. The molecule has 0 amide bonds. The minimum absolute atomic E-state index is 0.0785. The van der Waals surface area contributed by atoms with Crippen LogP contribution in [0.25, 0.3) is 0 Å². The first-order valence-corrected chi connectivity index (χ1v) is 5.51. The molecule has 0 fully saturated rings. The van der Waals surface area contributed by atoms with E-state index in [0.29, 0.717) is 6.54 Å². The Bertz CT molecular complexity index is 533. The van der Waals surface area contributed by atoms with Crippen LogP contribution in [0, 0.1) is 0 Å². The molecule has 0 spiro atoms. The van der Waals surface area contributed by atoms with Gasteiger partial charge in [0.05, 0.1) is 7.11 Å². The number of esters is 1. The predicted molar refractivity (Wildman–Crippen MR) is 65.9 cm³/mol. The quantitative estimate of drug-likeness (QED) is 0.640. The van der Waals surface area contributed by atoms with E-state index in [2.05, 4.69) is 14.8 Å². The third-order valence-corrected chi connectivity index (χ3v) is 2.51. The van der Waals surface area contributed by atoms with E-state index < -0.39 is 5.97 Å². The minimum Gasteiger partial charge on any atom is -0.463 e. The van der Waals surface area contributed by atoms with Gasteiger partial charge in [0, 0.05) is 12.2 Å². The van der Waals surface area contributed by atoms with Crippen molar-refractivity contribution in [1.29, 1.82) is 0 Å². The topological polar surface area (TPSA) is 83.0 Å². The van der Waals surface area contributed by atoms with Crippen molar-refractivity contribution in [3.63, 3.8) is 0 Å². The highest BCUT2D eigenvalue weighted by atomic mass is 16.5. The summed E-state index contributed by atoms with van der Waals surface area (Å²) in [5.74, 6) is -0.448. The van der Waals surface area contributed by atoms with E-state index in [1.807, 2.05) is 24.3 Å². The SMILES string of the molecule is COC(=O)c1ncn(CCc2ccc(N)cc2)n1. The Kier molecular flexibility index (Phi) is 3.57. The molecule has 2 aromatic rings. The fourth-order valence-electron chi connectivity index (χ4n) is 1.52. The van der Waals surface area contributed by atoms with Crippen LogP contribution < -0.4 is 5.73 Å². The van der Waals surface area contributed by atoms with Crippen LogP contribution in [0.3, 0.4) is 0 Å². The maximum absolute atomic E-state index is 11.2. The Labute approximate surface area is 104 Å². The van der Waals surface area contributed by atoms with Gasteiger partial charge in [-0.25, -0.2) is 9.78 Å². The van der Waals surface area contributed by atoms with Crippen molar-refractivity contribution in [2.45, 2.75) is 13.0 Å². The molecule has 0 aliphatic rings. The molecule has 0 radical (unpaired) electrons. The molecule has 0 unspecified atom stereocenters. The molecule has 0 saturated carbocycles. The molecule has 18 heavy (non-hydrogen) atoms. The summed E-state index contributed by atoms with van der Waals surface area (Å²) < 4.78 is 6.15. The molecule has 2 rings (SSSR count). The average molecular weight is 246 g/mol. The standard InChI is InChI=1S/C12H14N4O2/c1-18-12(17)11-14-8-16(15-11)7-6-9-2-4-10(13)5-3-9/h2-5,8H,6-7,13H2,1H3. The zero-order valence-electron chi connectivity index (χ0n) is 10.0. The second-order valence-corrected chi connectivity index (χ2v) is 3.81.